The monoisotopic (exact) mass is 507 g/mol. The summed E-state index contributed by atoms with van der Waals surface area (Å²) in [6.07, 6.45) is 1.41. The number of fused-ring (bicyclic) bond motifs is 1. The molecule has 0 bridgehead atoms. The molecule has 0 saturated heterocycles. The minimum absolute atomic E-state index is 0.190. The molecule has 4 rings (SSSR count). The summed E-state index contributed by atoms with van der Waals surface area (Å²) >= 11 is 3.40. The van der Waals surface area contributed by atoms with Crippen LogP contribution >= 0.6 is 15.9 Å². The van der Waals surface area contributed by atoms with Crippen LogP contribution in [-0.4, -0.2) is 40.7 Å². The van der Waals surface area contributed by atoms with Crippen molar-refractivity contribution in [2.75, 3.05) is 13.7 Å². The van der Waals surface area contributed by atoms with Crippen molar-refractivity contribution < 1.29 is 19.4 Å². The quantitative estimate of drug-likeness (QED) is 0.376. The Kier molecular flexibility index (Phi) is 6.50. The van der Waals surface area contributed by atoms with E-state index in [1.165, 1.54) is 18.0 Å². The lowest BCUT2D eigenvalue weighted by Crippen LogP contribution is -2.20. The van der Waals surface area contributed by atoms with E-state index >= 15 is 0 Å². The Bertz CT molecular complexity index is 1420. The second-order valence-electron chi connectivity index (χ2n) is 6.89. The molecule has 1 aromatic heterocycles. The third-order valence-corrected chi connectivity index (χ3v) is 5.16. The molecule has 8 nitrogen and oxygen atoms in total. The standard InChI is InChI=1S/C24H18BrN3O5/c1-32-20-12-17(25)11-16(22(20)33-14-21(29)30)13-26-28-23(15-7-3-2-4-8-15)27-19-10-6-5-9-18(19)24(28)31/h2-13H,14H2,1H3,(H,29,30). The summed E-state index contributed by atoms with van der Waals surface area (Å²) in [5.41, 5.74) is 1.35. The zero-order valence-electron chi connectivity index (χ0n) is 17.4. The molecule has 0 fully saturated rings. The molecule has 0 spiro atoms. The predicted molar refractivity (Wildman–Crippen MR) is 128 cm³/mol. The molecule has 0 amide bonds. The average molecular weight is 508 g/mol. The molecule has 1 heterocycles. The molecule has 166 valence electrons. The van der Waals surface area contributed by atoms with Gasteiger partial charge in [-0.15, -0.1) is 0 Å². The number of methoxy groups -OCH3 is 1. The van der Waals surface area contributed by atoms with Gasteiger partial charge in [0.15, 0.2) is 23.9 Å². The number of carbonyl (C=O) groups is 1. The fraction of sp³-hybridized carbons (Fsp3) is 0.0833. The first-order valence-corrected chi connectivity index (χ1v) is 10.6. The van der Waals surface area contributed by atoms with Gasteiger partial charge in [-0.2, -0.15) is 9.78 Å². The molecule has 0 saturated carbocycles. The molecular weight excluding hydrogens is 490 g/mol. The Morgan fingerprint density at radius 3 is 2.61 bits per heavy atom. The summed E-state index contributed by atoms with van der Waals surface area (Å²) in [5, 5.41) is 13.9. The molecule has 0 unspecified atom stereocenters. The Balaban J connectivity index is 1.90. The van der Waals surface area contributed by atoms with Gasteiger partial charge in [0, 0.05) is 15.6 Å². The van der Waals surface area contributed by atoms with Gasteiger partial charge in [0.25, 0.3) is 5.56 Å². The predicted octanol–water partition coefficient (Wildman–Crippen LogP) is 4.18. The van der Waals surface area contributed by atoms with Gasteiger partial charge in [0.1, 0.15) is 0 Å². The maximum atomic E-state index is 13.3. The van der Waals surface area contributed by atoms with Crippen LogP contribution in [0.4, 0.5) is 0 Å². The summed E-state index contributed by atoms with van der Waals surface area (Å²) in [6, 6.07) is 19.6. The molecule has 1 N–H and O–H groups in total. The van der Waals surface area contributed by atoms with E-state index in [9.17, 15) is 9.59 Å². The molecule has 0 radical (unpaired) electrons. The number of nitrogens with zero attached hydrogens (tertiary/aromatic N) is 3. The smallest absolute Gasteiger partial charge is 0.341 e. The molecule has 4 aromatic rings. The van der Waals surface area contributed by atoms with Crippen molar-refractivity contribution in [2.24, 2.45) is 5.10 Å². The SMILES string of the molecule is COc1cc(Br)cc(C=Nn2c(-c3ccccc3)nc3ccccc3c2=O)c1OCC(=O)O. The van der Waals surface area contributed by atoms with Crippen LogP contribution in [0.25, 0.3) is 22.3 Å². The second kappa shape index (κ2) is 9.66. The van der Waals surface area contributed by atoms with Crippen molar-refractivity contribution in [3.63, 3.8) is 0 Å². The first-order chi connectivity index (χ1) is 16.0. The van der Waals surface area contributed by atoms with Gasteiger partial charge in [-0.3, -0.25) is 4.79 Å². The van der Waals surface area contributed by atoms with Crippen molar-refractivity contribution in [3.05, 3.63) is 87.1 Å². The topological polar surface area (TPSA) is 103 Å². The Morgan fingerprint density at radius 2 is 1.88 bits per heavy atom. The summed E-state index contributed by atoms with van der Waals surface area (Å²) in [5.74, 6) is -0.260. The summed E-state index contributed by atoms with van der Waals surface area (Å²) in [7, 11) is 1.45. The minimum Gasteiger partial charge on any atom is -0.493 e. The van der Waals surface area contributed by atoms with E-state index in [-0.39, 0.29) is 11.3 Å². The van der Waals surface area contributed by atoms with E-state index in [4.69, 9.17) is 14.6 Å². The molecule has 0 aliphatic rings. The fourth-order valence-corrected chi connectivity index (χ4v) is 3.70. The Hall–Kier alpha value is -3.98. The van der Waals surface area contributed by atoms with Crippen LogP contribution in [0, 0.1) is 0 Å². The molecule has 3 aromatic carbocycles. The number of carboxylic acids is 1. The molecule has 0 atom stereocenters. The van der Waals surface area contributed by atoms with Gasteiger partial charge in [-0.1, -0.05) is 58.4 Å². The summed E-state index contributed by atoms with van der Waals surface area (Å²) in [4.78, 5) is 29.0. The number of para-hydroxylation sites is 1. The number of benzene rings is 3. The number of hydrogen-bond donors (Lipinski definition) is 1. The largest absolute Gasteiger partial charge is 0.493 e. The Labute approximate surface area is 196 Å². The van der Waals surface area contributed by atoms with E-state index in [0.29, 0.717) is 38.1 Å². The molecule has 9 heteroatoms. The fourth-order valence-electron chi connectivity index (χ4n) is 3.25. The van der Waals surface area contributed by atoms with Gasteiger partial charge in [0.2, 0.25) is 0 Å². The van der Waals surface area contributed by atoms with Gasteiger partial charge in [-0.25, -0.2) is 9.78 Å². The van der Waals surface area contributed by atoms with Crippen molar-refractivity contribution in [1.29, 1.82) is 0 Å². The number of aromatic nitrogens is 2. The van der Waals surface area contributed by atoms with Crippen molar-refractivity contribution in [1.82, 2.24) is 9.66 Å². The van der Waals surface area contributed by atoms with E-state index in [1.54, 1.807) is 30.3 Å². The number of carboxylic acid groups (broad SMARTS) is 1. The normalized spacial score (nSPS) is 11.1. The number of halogens is 1. The van der Waals surface area contributed by atoms with E-state index < -0.39 is 12.6 Å². The highest BCUT2D eigenvalue weighted by atomic mass is 79.9. The number of hydrogen-bond acceptors (Lipinski definition) is 6. The number of rotatable bonds is 7. The third-order valence-electron chi connectivity index (χ3n) is 4.71. The number of aliphatic carboxylic acids is 1. The lowest BCUT2D eigenvalue weighted by Gasteiger charge is -2.13. The molecular formula is C24H18BrN3O5. The first kappa shape index (κ1) is 22.2. The Morgan fingerprint density at radius 1 is 1.15 bits per heavy atom. The van der Waals surface area contributed by atoms with Gasteiger partial charge in [0.05, 0.1) is 24.2 Å². The third kappa shape index (κ3) is 4.78. The maximum Gasteiger partial charge on any atom is 0.341 e. The molecule has 33 heavy (non-hydrogen) atoms. The highest BCUT2D eigenvalue weighted by molar-refractivity contribution is 9.10. The van der Waals surface area contributed by atoms with Crippen molar-refractivity contribution >= 4 is 39.0 Å². The van der Waals surface area contributed by atoms with Crippen LogP contribution in [0.15, 0.2) is 81.1 Å². The number of ether oxygens (including phenoxy) is 2. The van der Waals surface area contributed by atoms with Crippen LogP contribution in [0.5, 0.6) is 11.5 Å². The molecule has 0 aliphatic heterocycles. The van der Waals surface area contributed by atoms with Crippen molar-refractivity contribution in [3.8, 4) is 22.9 Å². The zero-order valence-corrected chi connectivity index (χ0v) is 19.0. The van der Waals surface area contributed by atoms with E-state index in [1.807, 2.05) is 36.4 Å². The second-order valence-corrected chi connectivity index (χ2v) is 7.80. The zero-order chi connectivity index (χ0) is 23.4. The van der Waals surface area contributed by atoms with Crippen LogP contribution in [0.2, 0.25) is 0 Å². The van der Waals surface area contributed by atoms with Crippen LogP contribution in [0.3, 0.4) is 0 Å². The summed E-state index contributed by atoms with van der Waals surface area (Å²) in [6.45, 7) is -0.564. The maximum absolute atomic E-state index is 13.3. The van der Waals surface area contributed by atoms with Crippen molar-refractivity contribution in [2.45, 2.75) is 0 Å². The average Bonchev–Trinajstić information content (AvgIpc) is 2.82. The van der Waals surface area contributed by atoms with Crippen LogP contribution in [0.1, 0.15) is 5.56 Å². The lowest BCUT2D eigenvalue weighted by atomic mass is 10.2. The van der Waals surface area contributed by atoms with Crippen LogP contribution < -0.4 is 15.0 Å². The lowest BCUT2D eigenvalue weighted by molar-refractivity contribution is -0.139. The molecule has 0 aliphatic carbocycles. The van der Waals surface area contributed by atoms with Gasteiger partial charge >= 0.3 is 5.97 Å². The highest BCUT2D eigenvalue weighted by Crippen LogP contribution is 2.34. The summed E-state index contributed by atoms with van der Waals surface area (Å²) < 4.78 is 12.7. The highest BCUT2D eigenvalue weighted by Gasteiger charge is 2.15. The van der Waals surface area contributed by atoms with Gasteiger partial charge < -0.3 is 14.6 Å². The van der Waals surface area contributed by atoms with Crippen LogP contribution in [-0.2, 0) is 4.79 Å². The van der Waals surface area contributed by atoms with E-state index in [0.717, 1.165) is 0 Å². The minimum atomic E-state index is -1.14. The van der Waals surface area contributed by atoms with Gasteiger partial charge in [-0.05, 0) is 24.3 Å². The first-order valence-electron chi connectivity index (χ1n) is 9.81. The van der Waals surface area contributed by atoms with E-state index in [2.05, 4.69) is 26.0 Å².